The molecule has 0 unspecified atom stereocenters. The highest BCUT2D eigenvalue weighted by atomic mass is 19.4. The van der Waals surface area contributed by atoms with Crippen LogP contribution >= 0.6 is 0 Å². The molecule has 5 heteroatoms. The van der Waals surface area contributed by atoms with Crippen LogP contribution in [0.4, 0.5) is 17.6 Å². The molecule has 1 aromatic heterocycles. The fourth-order valence-electron chi connectivity index (χ4n) is 1.29. The Morgan fingerprint density at radius 1 is 1.07 bits per heavy atom. The Bertz CT molecular complexity index is 363. The molecule has 1 rings (SSSR count). The van der Waals surface area contributed by atoms with Crippen molar-refractivity contribution in [3.05, 3.63) is 29.3 Å². The average molecular weight is 221 g/mol. The second-order valence-corrected chi connectivity index (χ2v) is 4.29. The van der Waals surface area contributed by atoms with Crippen molar-refractivity contribution in [3.8, 4) is 0 Å². The Kier molecular flexibility index (Phi) is 2.76. The highest BCUT2D eigenvalue weighted by molar-refractivity contribution is 5.33. The van der Waals surface area contributed by atoms with E-state index in [1.54, 1.807) is 20.8 Å². The van der Waals surface area contributed by atoms with Gasteiger partial charge in [0, 0.05) is 6.20 Å². The molecule has 1 nitrogen and oxygen atoms in total. The summed E-state index contributed by atoms with van der Waals surface area (Å²) in [5, 5.41) is 0. The molecule has 0 spiro atoms. The molecule has 0 aliphatic heterocycles. The third-order valence-corrected chi connectivity index (χ3v) is 1.99. The van der Waals surface area contributed by atoms with Crippen molar-refractivity contribution in [3.63, 3.8) is 0 Å². The Balaban J connectivity index is 3.48. The highest BCUT2D eigenvalue weighted by Gasteiger charge is 2.39. The molecule has 0 radical (unpaired) electrons. The number of halogens is 4. The average Bonchev–Trinajstić information content (AvgIpc) is 1.99. The first-order chi connectivity index (χ1) is 6.64. The first-order valence-electron chi connectivity index (χ1n) is 4.35. The van der Waals surface area contributed by atoms with E-state index in [2.05, 4.69) is 4.98 Å². The monoisotopic (exact) mass is 221 g/mol. The Morgan fingerprint density at radius 2 is 1.60 bits per heavy atom. The molecule has 0 saturated heterocycles. The van der Waals surface area contributed by atoms with E-state index in [1.807, 2.05) is 0 Å². The lowest BCUT2D eigenvalue weighted by Gasteiger charge is -2.23. The summed E-state index contributed by atoms with van der Waals surface area (Å²) in [6.45, 7) is 4.75. The summed E-state index contributed by atoms with van der Waals surface area (Å²) < 4.78 is 50.8. The van der Waals surface area contributed by atoms with E-state index < -0.39 is 23.0 Å². The van der Waals surface area contributed by atoms with Crippen molar-refractivity contribution in [2.45, 2.75) is 32.4 Å². The molecule has 0 bridgehead atoms. The number of aromatic nitrogens is 1. The van der Waals surface area contributed by atoms with Crippen molar-refractivity contribution in [1.82, 2.24) is 4.98 Å². The summed E-state index contributed by atoms with van der Waals surface area (Å²) in [4.78, 5) is 3.45. The van der Waals surface area contributed by atoms with E-state index in [1.165, 1.54) is 0 Å². The summed E-state index contributed by atoms with van der Waals surface area (Å²) in [6.07, 6.45) is -3.04. The molecule has 0 N–H and O–H groups in total. The second kappa shape index (κ2) is 3.47. The van der Waals surface area contributed by atoms with Gasteiger partial charge in [-0.05, 0) is 11.0 Å². The van der Waals surface area contributed by atoms with E-state index >= 15 is 0 Å². The topological polar surface area (TPSA) is 12.9 Å². The maximum absolute atomic E-state index is 13.1. The maximum Gasteiger partial charge on any atom is 0.419 e. The van der Waals surface area contributed by atoms with Gasteiger partial charge in [0.25, 0.3) is 0 Å². The molecule has 0 aromatic carbocycles. The van der Waals surface area contributed by atoms with Gasteiger partial charge in [0.05, 0.1) is 11.8 Å². The van der Waals surface area contributed by atoms with Crippen LogP contribution in [0, 0.1) is 5.82 Å². The molecule has 0 aliphatic carbocycles. The zero-order valence-corrected chi connectivity index (χ0v) is 8.61. The molecule has 0 aliphatic rings. The van der Waals surface area contributed by atoms with Crippen molar-refractivity contribution < 1.29 is 17.6 Å². The fourth-order valence-corrected chi connectivity index (χ4v) is 1.29. The lowest BCUT2D eigenvalue weighted by molar-refractivity contribution is -0.141. The van der Waals surface area contributed by atoms with Gasteiger partial charge in [0.2, 0.25) is 0 Å². The lowest BCUT2D eigenvalue weighted by atomic mass is 9.85. The lowest BCUT2D eigenvalue weighted by Crippen LogP contribution is -2.21. The molecule has 84 valence electrons. The summed E-state index contributed by atoms with van der Waals surface area (Å²) in [5.41, 5.74) is -2.14. The molecule has 0 amide bonds. The van der Waals surface area contributed by atoms with E-state index in [9.17, 15) is 17.6 Å². The zero-order chi connectivity index (χ0) is 11.9. The third-order valence-electron chi connectivity index (χ3n) is 1.99. The number of hydrogen-bond acceptors (Lipinski definition) is 1. The number of pyridine rings is 1. The quantitative estimate of drug-likeness (QED) is 0.610. The predicted molar refractivity (Wildman–Crippen MR) is 47.9 cm³/mol. The normalized spacial score (nSPS) is 13.0. The smallest absolute Gasteiger partial charge is 0.261 e. The minimum atomic E-state index is -4.68. The van der Waals surface area contributed by atoms with Crippen LogP contribution in [0.3, 0.4) is 0 Å². The minimum Gasteiger partial charge on any atom is -0.261 e. The minimum absolute atomic E-state index is 0.130. The number of rotatable bonds is 0. The largest absolute Gasteiger partial charge is 0.419 e. The summed E-state index contributed by atoms with van der Waals surface area (Å²) in [5.74, 6) is -1.32. The third kappa shape index (κ3) is 2.46. The van der Waals surface area contributed by atoms with Crippen LogP contribution in [0.25, 0.3) is 0 Å². The van der Waals surface area contributed by atoms with Crippen molar-refractivity contribution in [2.75, 3.05) is 0 Å². The van der Waals surface area contributed by atoms with Gasteiger partial charge >= 0.3 is 6.18 Å². The SMILES string of the molecule is CC(C)(C)c1cncc(F)c1C(F)(F)F. The van der Waals surface area contributed by atoms with Gasteiger partial charge < -0.3 is 0 Å². The number of nitrogens with zero attached hydrogens (tertiary/aromatic N) is 1. The molecule has 1 heterocycles. The van der Waals surface area contributed by atoms with Crippen molar-refractivity contribution in [1.29, 1.82) is 0 Å². The van der Waals surface area contributed by atoms with Crippen LogP contribution < -0.4 is 0 Å². The van der Waals surface area contributed by atoms with Gasteiger partial charge in [-0.2, -0.15) is 13.2 Å². The number of hydrogen-bond donors (Lipinski definition) is 0. The van der Waals surface area contributed by atoms with Gasteiger partial charge in [0.1, 0.15) is 0 Å². The first-order valence-corrected chi connectivity index (χ1v) is 4.35. The van der Waals surface area contributed by atoms with E-state index in [0.29, 0.717) is 6.20 Å². The fraction of sp³-hybridized carbons (Fsp3) is 0.500. The molecular weight excluding hydrogens is 210 g/mol. The first kappa shape index (κ1) is 11.9. The van der Waals surface area contributed by atoms with Crippen LogP contribution in [0.2, 0.25) is 0 Å². The molecule has 0 fully saturated rings. The highest BCUT2D eigenvalue weighted by Crippen LogP contribution is 2.38. The maximum atomic E-state index is 13.1. The van der Waals surface area contributed by atoms with Gasteiger partial charge in [-0.1, -0.05) is 20.8 Å². The summed E-state index contributed by atoms with van der Waals surface area (Å²) in [7, 11) is 0. The van der Waals surface area contributed by atoms with Crippen molar-refractivity contribution >= 4 is 0 Å². The van der Waals surface area contributed by atoms with Crippen LogP contribution in [0.15, 0.2) is 12.4 Å². The molecule has 0 atom stereocenters. The van der Waals surface area contributed by atoms with E-state index in [-0.39, 0.29) is 5.56 Å². The van der Waals surface area contributed by atoms with Crippen LogP contribution in [0.5, 0.6) is 0 Å². The molecular formula is C10H11F4N. The molecule has 1 aromatic rings. The number of alkyl halides is 3. The van der Waals surface area contributed by atoms with Crippen LogP contribution in [-0.2, 0) is 11.6 Å². The van der Waals surface area contributed by atoms with Gasteiger partial charge in [-0.25, -0.2) is 4.39 Å². The second-order valence-electron chi connectivity index (χ2n) is 4.29. The van der Waals surface area contributed by atoms with Crippen molar-refractivity contribution in [2.24, 2.45) is 0 Å². The standard InChI is InChI=1S/C10H11F4N/c1-9(2,3)6-4-15-5-7(11)8(6)10(12,13)14/h4-5H,1-3H3. The predicted octanol–water partition coefficient (Wildman–Crippen LogP) is 3.54. The molecule has 15 heavy (non-hydrogen) atoms. The summed E-state index contributed by atoms with van der Waals surface area (Å²) >= 11 is 0. The van der Waals surface area contributed by atoms with Crippen LogP contribution in [0.1, 0.15) is 31.9 Å². The Hall–Kier alpha value is -1.13. The molecule has 0 saturated carbocycles. The van der Waals surface area contributed by atoms with Gasteiger partial charge in [-0.15, -0.1) is 0 Å². The van der Waals surface area contributed by atoms with E-state index in [0.717, 1.165) is 6.20 Å². The zero-order valence-electron chi connectivity index (χ0n) is 8.61. The van der Waals surface area contributed by atoms with Gasteiger partial charge in [-0.3, -0.25) is 4.98 Å². The summed E-state index contributed by atoms with van der Waals surface area (Å²) in [6, 6.07) is 0. The Labute approximate surface area is 85.1 Å². The van der Waals surface area contributed by atoms with E-state index in [4.69, 9.17) is 0 Å². The van der Waals surface area contributed by atoms with Crippen LogP contribution in [-0.4, -0.2) is 4.98 Å². The Morgan fingerprint density at radius 3 is 1.93 bits per heavy atom. The van der Waals surface area contributed by atoms with Gasteiger partial charge in [0.15, 0.2) is 5.82 Å².